The molecule has 2 heterocycles. The lowest BCUT2D eigenvalue weighted by Gasteiger charge is -2.34. The Labute approximate surface area is 325 Å². The van der Waals surface area contributed by atoms with Crippen molar-refractivity contribution in [3.63, 3.8) is 0 Å². The summed E-state index contributed by atoms with van der Waals surface area (Å²) in [4.78, 5) is 61.0. The van der Waals surface area contributed by atoms with Crippen LogP contribution in [0.1, 0.15) is 73.3 Å². The molecule has 2 unspecified atom stereocenters. The zero-order chi connectivity index (χ0) is 40.7. The highest BCUT2D eigenvalue weighted by atomic mass is 35.5. The van der Waals surface area contributed by atoms with Gasteiger partial charge in [-0.2, -0.15) is 13.2 Å². The molecule has 2 aliphatic rings. The number of imidazole rings is 1. The van der Waals surface area contributed by atoms with Gasteiger partial charge in [-0.25, -0.2) is 14.5 Å². The van der Waals surface area contributed by atoms with E-state index in [2.05, 4.69) is 42.3 Å². The number of halogens is 1. The molecule has 5 rings (SSSR count). The first-order valence-corrected chi connectivity index (χ1v) is 19.6. The van der Waals surface area contributed by atoms with Gasteiger partial charge in [0.15, 0.2) is 10.8 Å². The number of methoxy groups -OCH3 is 1. The molecular weight excluding hydrogens is 754 g/mol. The van der Waals surface area contributed by atoms with Crippen LogP contribution in [-0.2, 0) is 36.2 Å². The number of nitrogens with zero attached hydrogens (tertiary/aromatic N) is 6. The highest BCUT2D eigenvalue weighted by Gasteiger charge is 2.62. The average molecular weight is 802 g/mol. The fourth-order valence-electron chi connectivity index (χ4n) is 6.87. The van der Waals surface area contributed by atoms with Crippen molar-refractivity contribution in [1.82, 2.24) is 45.1 Å². The summed E-state index contributed by atoms with van der Waals surface area (Å²) in [5.74, 6) is -3.82. The second-order valence-corrected chi connectivity index (χ2v) is 18.2. The van der Waals surface area contributed by atoms with E-state index >= 15 is 0 Å². The van der Waals surface area contributed by atoms with Crippen LogP contribution in [0.3, 0.4) is 0 Å². The summed E-state index contributed by atoms with van der Waals surface area (Å²) in [7, 11) is -1.30. The van der Waals surface area contributed by atoms with E-state index in [4.69, 9.17) is 21.1 Å². The number of amides is 3. The maximum absolute atomic E-state index is 14.6. The van der Waals surface area contributed by atoms with Gasteiger partial charge < -0.3 is 24.7 Å². The number of hydrogen-bond acceptors (Lipinski definition) is 12. The fourth-order valence-corrected chi connectivity index (χ4v) is 8.15. The Kier molecular flexibility index (Phi) is 11.5. The van der Waals surface area contributed by atoms with Gasteiger partial charge in [-0.1, -0.05) is 38.4 Å². The van der Waals surface area contributed by atoms with Crippen molar-refractivity contribution in [2.75, 3.05) is 7.11 Å². The number of benzene rings is 1. The van der Waals surface area contributed by atoms with Crippen molar-refractivity contribution in [2.45, 2.75) is 95.5 Å². The lowest BCUT2D eigenvalue weighted by molar-refractivity contribution is -0.137. The Morgan fingerprint density at radius 1 is 1.13 bits per heavy atom. The number of aryl methyl sites for hydroxylation is 1. The number of carbonyl (C=O) groups excluding carboxylic acids is 4. The van der Waals surface area contributed by atoms with Crippen LogP contribution in [0.4, 0.5) is 4.79 Å². The third-order valence-electron chi connectivity index (χ3n) is 9.71. The summed E-state index contributed by atoms with van der Waals surface area (Å²) in [6, 6.07) is 3.31. The first kappa shape index (κ1) is 41.3. The SMILES string of the molecule is C=CC[C@@H]1C[C@@]1(NC(=O)[C@@H]1C[C@@H](n2nnc(-c3ccc(OC)c(Cl)c3)n2)CC1C(=O)C(NC(=O)OC(C)(C)C)C(C)(C)C)C(=O)NS(=O)(=O)c1cn(C)cn1. The predicted octanol–water partition coefficient (Wildman–Crippen LogP) is 3.77. The third-order valence-corrected chi connectivity index (χ3v) is 11.2. The van der Waals surface area contributed by atoms with Crippen LogP contribution in [-0.4, -0.2) is 86.2 Å². The molecule has 1 aromatic carbocycles. The Morgan fingerprint density at radius 2 is 1.82 bits per heavy atom. The van der Waals surface area contributed by atoms with E-state index in [-0.39, 0.29) is 30.1 Å². The minimum absolute atomic E-state index is 0.0563. The molecule has 19 heteroatoms. The maximum Gasteiger partial charge on any atom is 0.408 e. The van der Waals surface area contributed by atoms with Gasteiger partial charge in [0.1, 0.15) is 16.9 Å². The number of hydrogen-bond donors (Lipinski definition) is 3. The van der Waals surface area contributed by atoms with Crippen LogP contribution in [0.25, 0.3) is 11.4 Å². The van der Waals surface area contributed by atoms with Crippen molar-refractivity contribution in [2.24, 2.45) is 30.2 Å². The molecule has 0 aliphatic heterocycles. The van der Waals surface area contributed by atoms with Gasteiger partial charge in [0.25, 0.3) is 15.9 Å². The van der Waals surface area contributed by atoms with Gasteiger partial charge >= 0.3 is 6.09 Å². The molecule has 3 amide bonds. The molecule has 0 saturated heterocycles. The lowest BCUT2D eigenvalue weighted by Crippen LogP contribution is -2.56. The molecule has 0 bridgehead atoms. The molecule has 2 saturated carbocycles. The van der Waals surface area contributed by atoms with Crippen LogP contribution in [0.15, 0.2) is 48.4 Å². The molecule has 55 heavy (non-hydrogen) atoms. The van der Waals surface area contributed by atoms with E-state index in [0.29, 0.717) is 22.8 Å². The Morgan fingerprint density at radius 3 is 2.40 bits per heavy atom. The summed E-state index contributed by atoms with van der Waals surface area (Å²) in [5.41, 5.74) is -2.71. The number of tetrazole rings is 1. The lowest BCUT2D eigenvalue weighted by atomic mass is 9.77. The van der Waals surface area contributed by atoms with E-state index in [9.17, 15) is 27.6 Å². The molecule has 0 radical (unpaired) electrons. The normalized spacial score (nSPS) is 23.0. The number of nitrogens with one attached hydrogen (secondary N) is 3. The van der Waals surface area contributed by atoms with Crippen molar-refractivity contribution < 1.29 is 37.1 Å². The number of ketones is 1. The number of rotatable bonds is 13. The van der Waals surface area contributed by atoms with E-state index in [1.807, 2.05) is 0 Å². The van der Waals surface area contributed by atoms with Gasteiger partial charge in [-0.05, 0) is 81.2 Å². The molecular formula is C36H48ClN9O8S. The highest BCUT2D eigenvalue weighted by Crippen LogP contribution is 2.48. The number of aromatic nitrogens is 6. The molecule has 2 aliphatic carbocycles. The number of alkyl carbamates (subject to hydrolysis) is 1. The first-order chi connectivity index (χ1) is 25.6. The second kappa shape index (κ2) is 15.4. The smallest absolute Gasteiger partial charge is 0.408 e. The molecule has 6 atom stereocenters. The fraction of sp³-hybridized carbons (Fsp3) is 0.556. The van der Waals surface area contributed by atoms with Gasteiger partial charge in [-0.15, -0.1) is 16.8 Å². The van der Waals surface area contributed by atoms with Gasteiger partial charge in [0, 0.05) is 30.6 Å². The van der Waals surface area contributed by atoms with Crippen molar-refractivity contribution in [3.8, 4) is 17.1 Å². The molecule has 2 fully saturated rings. The molecule has 2 aromatic heterocycles. The van der Waals surface area contributed by atoms with Gasteiger partial charge in [-0.3, -0.25) is 14.4 Å². The minimum atomic E-state index is -4.38. The predicted molar refractivity (Wildman–Crippen MR) is 200 cm³/mol. The standard InChI is InChI=1S/C36H48ClN9O8S/c1-10-11-21-17-36(21,32(49)43-55(51,52)27-18-45(8)19-38-27)40-31(48)24-16-22(46-42-30(41-44-46)20-12-13-26(53-9)25(37)14-20)15-23(24)28(47)29(34(2,3)4)39-33(50)54-35(5,6)7/h10,12-14,18-19,21-24,29H,1,11,15-17H2,2-9H3,(H,39,50)(H,40,48)(H,43,49)/t21-,22+,23?,24-,29?,36+/m1/s1. The van der Waals surface area contributed by atoms with Crippen molar-refractivity contribution >= 4 is 45.3 Å². The zero-order valence-electron chi connectivity index (χ0n) is 32.1. The van der Waals surface area contributed by atoms with Crippen LogP contribution < -0.4 is 20.1 Å². The number of allylic oxidation sites excluding steroid dienone is 1. The minimum Gasteiger partial charge on any atom is -0.495 e. The average Bonchev–Trinajstić information content (AvgIpc) is 3.52. The van der Waals surface area contributed by atoms with Crippen molar-refractivity contribution in [1.29, 1.82) is 0 Å². The summed E-state index contributed by atoms with van der Waals surface area (Å²) in [6.45, 7) is 14.2. The van der Waals surface area contributed by atoms with Crippen molar-refractivity contribution in [3.05, 3.63) is 48.4 Å². The molecule has 3 N–H and O–H groups in total. The van der Waals surface area contributed by atoms with Crippen LogP contribution >= 0.6 is 11.6 Å². The van der Waals surface area contributed by atoms with Gasteiger partial charge in [0.05, 0.1) is 30.5 Å². The highest BCUT2D eigenvalue weighted by molar-refractivity contribution is 7.90. The molecule has 3 aromatic rings. The number of Topliss-reactive ketones (excluding diaryl/α,β-unsaturated/α-hetero) is 1. The summed E-state index contributed by atoms with van der Waals surface area (Å²) in [6.07, 6.45) is 3.88. The monoisotopic (exact) mass is 801 g/mol. The van der Waals surface area contributed by atoms with Crippen LogP contribution in [0.5, 0.6) is 5.75 Å². The topological polar surface area (TPSA) is 218 Å². The number of ether oxygens (including phenoxy) is 2. The van der Waals surface area contributed by atoms with E-state index < -0.39 is 80.1 Å². The van der Waals surface area contributed by atoms with E-state index in [1.54, 1.807) is 72.9 Å². The van der Waals surface area contributed by atoms with Gasteiger partial charge in [0.2, 0.25) is 11.7 Å². The Balaban J connectivity index is 1.47. The second-order valence-electron chi connectivity index (χ2n) is 16.2. The Bertz CT molecular complexity index is 2090. The molecule has 0 spiro atoms. The summed E-state index contributed by atoms with van der Waals surface area (Å²) in [5, 5.41) is 18.6. The largest absolute Gasteiger partial charge is 0.495 e. The molecule has 17 nitrogen and oxygen atoms in total. The molecule has 298 valence electrons. The zero-order valence-corrected chi connectivity index (χ0v) is 33.7. The third kappa shape index (κ3) is 9.18. The summed E-state index contributed by atoms with van der Waals surface area (Å²) < 4.78 is 40.4. The number of carbonyl (C=O) groups is 4. The Hall–Kier alpha value is -4.84. The van der Waals surface area contributed by atoms with E-state index in [1.165, 1.54) is 29.0 Å². The maximum atomic E-state index is 14.6. The number of sulfonamides is 1. The van der Waals surface area contributed by atoms with E-state index in [0.717, 1.165) is 0 Å². The van der Waals surface area contributed by atoms with Crippen LogP contribution in [0, 0.1) is 23.2 Å². The van der Waals surface area contributed by atoms with Crippen LogP contribution in [0.2, 0.25) is 5.02 Å². The first-order valence-electron chi connectivity index (χ1n) is 17.7. The quantitative estimate of drug-likeness (QED) is 0.211. The summed E-state index contributed by atoms with van der Waals surface area (Å²) >= 11 is 6.34.